The molecule has 6 nitrogen and oxygen atoms in total. The van der Waals surface area contributed by atoms with Crippen molar-refractivity contribution in [2.75, 3.05) is 27.3 Å². The first-order valence-electron chi connectivity index (χ1n) is 12.3. The predicted octanol–water partition coefficient (Wildman–Crippen LogP) is 4.04. The van der Waals surface area contributed by atoms with Crippen molar-refractivity contribution in [3.05, 3.63) is 47.4 Å². The van der Waals surface area contributed by atoms with Crippen LogP contribution in [0.1, 0.15) is 49.3 Å². The zero-order valence-electron chi connectivity index (χ0n) is 19.7. The molecule has 2 aliphatic heterocycles. The SMILES string of the molecule is CO[C@]12CC[C@@]3(C[C@]1(C)COCc1ccoc1)[C@H]1Cc4ccc(O)c5c4[C@@]3(CCN1C)C2O5. The summed E-state index contributed by atoms with van der Waals surface area (Å²) in [5.41, 5.74) is 3.00. The summed E-state index contributed by atoms with van der Waals surface area (Å²) in [6, 6.07) is 6.38. The molecule has 1 aromatic carbocycles. The molecule has 6 atom stereocenters. The minimum Gasteiger partial charge on any atom is -0.504 e. The minimum atomic E-state index is -0.467. The van der Waals surface area contributed by atoms with E-state index in [1.54, 1.807) is 12.5 Å². The van der Waals surface area contributed by atoms with Gasteiger partial charge >= 0.3 is 0 Å². The lowest BCUT2D eigenvalue weighted by molar-refractivity contribution is -0.313. The van der Waals surface area contributed by atoms with Crippen molar-refractivity contribution in [1.29, 1.82) is 0 Å². The molecular weight excluding hydrogens is 418 g/mol. The molecule has 4 aliphatic carbocycles. The molecule has 33 heavy (non-hydrogen) atoms. The first kappa shape index (κ1) is 20.4. The summed E-state index contributed by atoms with van der Waals surface area (Å²) in [5, 5.41) is 10.9. The van der Waals surface area contributed by atoms with Crippen molar-refractivity contribution < 1.29 is 23.7 Å². The number of aromatic hydroxyl groups is 1. The maximum atomic E-state index is 10.9. The summed E-state index contributed by atoms with van der Waals surface area (Å²) >= 11 is 0. The number of nitrogens with zero attached hydrogens (tertiary/aromatic N) is 1. The lowest BCUT2D eigenvalue weighted by Crippen LogP contribution is -2.83. The van der Waals surface area contributed by atoms with Gasteiger partial charge in [-0.15, -0.1) is 0 Å². The quantitative estimate of drug-likeness (QED) is 0.740. The third-order valence-corrected chi connectivity index (χ3v) is 10.4. The number of hydrogen-bond donors (Lipinski definition) is 1. The third-order valence-electron chi connectivity index (χ3n) is 10.4. The first-order valence-corrected chi connectivity index (χ1v) is 12.3. The summed E-state index contributed by atoms with van der Waals surface area (Å²) in [6.45, 7) is 4.53. The van der Waals surface area contributed by atoms with Gasteiger partial charge in [0.05, 0.1) is 25.7 Å². The van der Waals surface area contributed by atoms with E-state index in [1.807, 2.05) is 19.2 Å². The molecule has 2 spiro atoms. The number of likely N-dealkylation sites (N-methyl/N-ethyl adjacent to an activating group) is 1. The number of fused-ring (bicyclic) bond motifs is 2. The van der Waals surface area contributed by atoms with Crippen LogP contribution in [0, 0.1) is 10.8 Å². The largest absolute Gasteiger partial charge is 0.504 e. The van der Waals surface area contributed by atoms with E-state index in [0.717, 1.165) is 50.0 Å². The second kappa shape index (κ2) is 6.35. The van der Waals surface area contributed by atoms with Crippen molar-refractivity contribution in [3.63, 3.8) is 0 Å². The van der Waals surface area contributed by atoms with Gasteiger partial charge in [0.25, 0.3) is 0 Å². The molecule has 0 radical (unpaired) electrons. The number of furan rings is 1. The molecule has 1 N–H and O–H groups in total. The summed E-state index contributed by atoms with van der Waals surface area (Å²) in [6.07, 6.45) is 8.51. The zero-order chi connectivity index (χ0) is 22.6. The van der Waals surface area contributed by atoms with E-state index in [2.05, 4.69) is 24.9 Å². The molecule has 4 bridgehead atoms. The molecule has 1 saturated heterocycles. The van der Waals surface area contributed by atoms with Crippen molar-refractivity contribution in [2.24, 2.45) is 10.8 Å². The second-order valence-corrected chi connectivity index (χ2v) is 11.5. The van der Waals surface area contributed by atoms with Gasteiger partial charge in [-0.25, -0.2) is 0 Å². The van der Waals surface area contributed by atoms with Crippen molar-refractivity contribution in [1.82, 2.24) is 4.90 Å². The fourth-order valence-corrected chi connectivity index (χ4v) is 9.19. The highest BCUT2D eigenvalue weighted by Crippen LogP contribution is 2.78. The number of benzene rings is 1. The van der Waals surface area contributed by atoms with Gasteiger partial charge in [-0.3, -0.25) is 0 Å². The summed E-state index contributed by atoms with van der Waals surface area (Å²) in [7, 11) is 4.15. The summed E-state index contributed by atoms with van der Waals surface area (Å²) in [4.78, 5) is 2.59. The van der Waals surface area contributed by atoms with Gasteiger partial charge in [0.2, 0.25) is 0 Å². The monoisotopic (exact) mass is 451 g/mol. The Morgan fingerprint density at radius 2 is 2.09 bits per heavy atom. The fraction of sp³-hybridized carbons (Fsp3) is 0.630. The number of methoxy groups -OCH3 is 1. The van der Waals surface area contributed by atoms with Crippen LogP contribution in [0.5, 0.6) is 11.5 Å². The minimum absolute atomic E-state index is 0.0880. The number of phenols is 1. The number of piperidine rings is 1. The number of ether oxygens (including phenoxy) is 3. The number of hydrogen-bond acceptors (Lipinski definition) is 6. The van der Waals surface area contributed by atoms with Crippen molar-refractivity contribution in [3.8, 4) is 11.5 Å². The predicted molar refractivity (Wildman–Crippen MR) is 121 cm³/mol. The van der Waals surface area contributed by atoms with Crippen LogP contribution >= 0.6 is 0 Å². The highest BCUT2D eigenvalue weighted by Gasteiger charge is 2.82. The van der Waals surface area contributed by atoms with Crippen molar-refractivity contribution >= 4 is 0 Å². The first-order chi connectivity index (χ1) is 15.9. The smallest absolute Gasteiger partial charge is 0.165 e. The lowest BCUT2D eigenvalue weighted by atomic mass is 9.32. The Morgan fingerprint density at radius 3 is 2.88 bits per heavy atom. The van der Waals surface area contributed by atoms with Gasteiger partial charge in [0.1, 0.15) is 11.7 Å². The Hall–Kier alpha value is -2.02. The average molecular weight is 452 g/mol. The van der Waals surface area contributed by atoms with Gasteiger partial charge in [0, 0.05) is 40.5 Å². The van der Waals surface area contributed by atoms with Crippen LogP contribution in [0.3, 0.4) is 0 Å². The highest BCUT2D eigenvalue weighted by molar-refractivity contribution is 5.63. The van der Waals surface area contributed by atoms with E-state index in [0.29, 0.717) is 19.3 Å². The van der Waals surface area contributed by atoms with E-state index in [1.165, 1.54) is 11.1 Å². The Morgan fingerprint density at radius 1 is 1.21 bits per heavy atom. The standard InChI is InChI=1S/C27H33NO5/c1-24(16-32-14-17-6-11-31-13-17)15-25-7-8-27(24,30-3)23-26(25)9-10-28(2)20(25)12-18-4-5-19(29)22(33-23)21(18)26/h4-6,11,13,20,23,29H,7-10,12,14-16H2,1-3H3/t20-,23?,24-,25-,26+,27+/m1/s1. The molecule has 4 fully saturated rings. The van der Waals surface area contributed by atoms with Crippen LogP contribution in [0.15, 0.2) is 35.1 Å². The van der Waals surface area contributed by atoms with Gasteiger partial charge in [-0.2, -0.15) is 0 Å². The number of likely N-dealkylation sites (tertiary alicyclic amines) is 1. The maximum absolute atomic E-state index is 10.9. The molecule has 176 valence electrons. The molecular formula is C27H33NO5. The molecule has 1 unspecified atom stereocenters. The lowest BCUT2D eigenvalue weighted by Gasteiger charge is -2.76. The highest BCUT2D eigenvalue weighted by atomic mass is 16.6. The zero-order valence-corrected chi connectivity index (χ0v) is 19.7. The van der Waals surface area contributed by atoms with E-state index in [4.69, 9.17) is 18.6 Å². The number of rotatable bonds is 5. The summed E-state index contributed by atoms with van der Waals surface area (Å²) in [5.74, 6) is 0.991. The van der Waals surface area contributed by atoms with Crippen LogP contribution in [0.25, 0.3) is 0 Å². The molecule has 0 amide bonds. The van der Waals surface area contributed by atoms with Crippen molar-refractivity contribution in [2.45, 2.75) is 68.8 Å². The van der Waals surface area contributed by atoms with E-state index >= 15 is 0 Å². The average Bonchev–Trinajstić information content (AvgIpc) is 3.44. The molecule has 3 heterocycles. The maximum Gasteiger partial charge on any atom is 0.165 e. The van der Waals surface area contributed by atoms with Gasteiger partial charge in [0.15, 0.2) is 11.5 Å². The molecule has 3 saturated carbocycles. The Labute approximate surface area is 194 Å². The van der Waals surface area contributed by atoms with Gasteiger partial charge < -0.3 is 28.6 Å². The van der Waals surface area contributed by atoms with Crippen LogP contribution < -0.4 is 4.74 Å². The topological polar surface area (TPSA) is 64.3 Å². The van der Waals surface area contributed by atoms with Crippen LogP contribution in [-0.4, -0.2) is 55.1 Å². The molecule has 6 heteroatoms. The number of phenolic OH excluding ortho intramolecular Hbond substituents is 1. The van der Waals surface area contributed by atoms with Crippen LogP contribution in [0.2, 0.25) is 0 Å². The Balaban J connectivity index is 1.38. The summed E-state index contributed by atoms with van der Waals surface area (Å²) < 4.78 is 25.0. The molecule has 2 aromatic rings. The van der Waals surface area contributed by atoms with E-state index < -0.39 is 5.60 Å². The van der Waals surface area contributed by atoms with E-state index in [-0.39, 0.29) is 28.1 Å². The van der Waals surface area contributed by atoms with Gasteiger partial charge in [-0.1, -0.05) is 13.0 Å². The van der Waals surface area contributed by atoms with Crippen LogP contribution in [0.4, 0.5) is 0 Å². The fourth-order valence-electron chi connectivity index (χ4n) is 9.19. The normalized spacial score (nSPS) is 42.3. The Kier molecular flexibility index (Phi) is 3.92. The van der Waals surface area contributed by atoms with Crippen LogP contribution in [-0.2, 0) is 27.9 Å². The molecule has 6 aliphatic rings. The second-order valence-electron chi connectivity index (χ2n) is 11.5. The van der Waals surface area contributed by atoms with Gasteiger partial charge in [-0.05, 0) is 63.4 Å². The molecule has 8 rings (SSSR count). The Bertz CT molecular complexity index is 1120. The third kappa shape index (κ3) is 2.13. The molecule has 1 aromatic heterocycles. The van der Waals surface area contributed by atoms with E-state index in [9.17, 15) is 5.11 Å².